The third-order valence-electron chi connectivity index (χ3n) is 4.62. The van der Waals surface area contributed by atoms with Gasteiger partial charge in [-0.1, -0.05) is 27.7 Å². The van der Waals surface area contributed by atoms with E-state index in [0.29, 0.717) is 23.9 Å². The van der Waals surface area contributed by atoms with Crippen molar-refractivity contribution in [2.45, 2.75) is 53.2 Å². The number of hydrogen-bond acceptors (Lipinski definition) is 3. The minimum Gasteiger partial charge on any atom is -0.334 e. The second-order valence-corrected chi connectivity index (χ2v) is 6.73. The van der Waals surface area contributed by atoms with Crippen LogP contribution in [-0.2, 0) is 6.54 Å². The molecule has 2 unspecified atom stereocenters. The molecule has 0 amide bonds. The lowest BCUT2D eigenvalue weighted by Crippen LogP contribution is -2.60. The maximum atomic E-state index is 4.31. The molecule has 0 saturated carbocycles. The molecule has 0 bridgehead atoms. The predicted octanol–water partition coefficient (Wildman–Crippen LogP) is 2.15. The number of hydrogen-bond donors (Lipinski definition) is 1. The van der Waals surface area contributed by atoms with Crippen LogP contribution in [0.25, 0.3) is 0 Å². The Hall–Kier alpha value is -0.870. The number of imidazole rings is 1. The van der Waals surface area contributed by atoms with Gasteiger partial charge in [0, 0.05) is 50.7 Å². The van der Waals surface area contributed by atoms with Crippen LogP contribution in [0.1, 0.15) is 33.5 Å². The van der Waals surface area contributed by atoms with Crippen LogP contribution in [0.3, 0.4) is 0 Å². The molecule has 4 heteroatoms. The maximum absolute atomic E-state index is 4.31. The van der Waals surface area contributed by atoms with Gasteiger partial charge in [-0.05, 0) is 18.8 Å². The van der Waals surface area contributed by atoms with Crippen molar-refractivity contribution in [3.05, 3.63) is 18.2 Å². The predicted molar refractivity (Wildman–Crippen MR) is 83.8 cm³/mol. The van der Waals surface area contributed by atoms with E-state index in [-0.39, 0.29) is 0 Å². The van der Waals surface area contributed by atoms with Gasteiger partial charge >= 0.3 is 0 Å². The molecule has 1 aromatic rings. The van der Waals surface area contributed by atoms with Gasteiger partial charge in [-0.25, -0.2) is 4.98 Å². The summed E-state index contributed by atoms with van der Waals surface area (Å²) in [5.74, 6) is 2.50. The fraction of sp³-hybridized carbons (Fsp3) is 0.812. The monoisotopic (exact) mass is 278 g/mol. The van der Waals surface area contributed by atoms with E-state index >= 15 is 0 Å². The molecule has 2 rings (SSSR count). The average Bonchev–Trinajstić information content (AvgIpc) is 2.81. The molecule has 0 spiro atoms. The van der Waals surface area contributed by atoms with Gasteiger partial charge in [-0.3, -0.25) is 4.90 Å². The molecule has 114 valence electrons. The van der Waals surface area contributed by atoms with Crippen LogP contribution < -0.4 is 5.32 Å². The summed E-state index contributed by atoms with van der Waals surface area (Å²) >= 11 is 0. The largest absolute Gasteiger partial charge is 0.334 e. The summed E-state index contributed by atoms with van der Waals surface area (Å²) < 4.78 is 2.25. The van der Waals surface area contributed by atoms with Crippen LogP contribution in [0.2, 0.25) is 0 Å². The van der Waals surface area contributed by atoms with E-state index in [0.717, 1.165) is 32.0 Å². The molecule has 1 aliphatic rings. The van der Waals surface area contributed by atoms with Crippen molar-refractivity contribution in [3.8, 4) is 0 Å². The number of rotatable bonds is 5. The average molecular weight is 278 g/mol. The standard InChI is InChI=1S/C16H30N4/c1-12(2)15-11-20(16(10-18-15)13(3)4)9-8-19-7-6-17-14(19)5/h6-7,12-13,15-16,18H,8-11H2,1-5H3. The highest BCUT2D eigenvalue weighted by Gasteiger charge is 2.30. The van der Waals surface area contributed by atoms with Crippen molar-refractivity contribution < 1.29 is 0 Å². The van der Waals surface area contributed by atoms with Crippen molar-refractivity contribution in [2.75, 3.05) is 19.6 Å². The van der Waals surface area contributed by atoms with Crippen LogP contribution in [-0.4, -0.2) is 46.2 Å². The lowest BCUT2D eigenvalue weighted by Gasteiger charge is -2.43. The van der Waals surface area contributed by atoms with Crippen LogP contribution in [0.5, 0.6) is 0 Å². The molecule has 20 heavy (non-hydrogen) atoms. The Balaban J connectivity index is 1.98. The van der Waals surface area contributed by atoms with Crippen LogP contribution in [0.4, 0.5) is 0 Å². The Bertz CT molecular complexity index is 410. The van der Waals surface area contributed by atoms with E-state index in [1.807, 2.05) is 6.20 Å². The number of nitrogens with one attached hydrogen (secondary N) is 1. The van der Waals surface area contributed by atoms with Crippen LogP contribution in [0, 0.1) is 18.8 Å². The van der Waals surface area contributed by atoms with E-state index in [4.69, 9.17) is 0 Å². The topological polar surface area (TPSA) is 33.1 Å². The highest BCUT2D eigenvalue weighted by molar-refractivity contribution is 4.91. The Labute approximate surface area is 123 Å². The number of aromatic nitrogens is 2. The van der Waals surface area contributed by atoms with E-state index in [2.05, 4.69) is 60.6 Å². The first-order valence-corrected chi connectivity index (χ1v) is 7.94. The van der Waals surface area contributed by atoms with Gasteiger partial charge in [0.05, 0.1) is 0 Å². The van der Waals surface area contributed by atoms with Gasteiger partial charge in [-0.2, -0.15) is 0 Å². The zero-order valence-electron chi connectivity index (χ0n) is 13.6. The van der Waals surface area contributed by atoms with Crippen molar-refractivity contribution in [1.82, 2.24) is 19.8 Å². The highest BCUT2D eigenvalue weighted by atomic mass is 15.3. The third kappa shape index (κ3) is 3.61. The molecule has 1 saturated heterocycles. The number of aryl methyl sites for hydroxylation is 1. The molecule has 2 heterocycles. The molecule has 1 fully saturated rings. The summed E-state index contributed by atoms with van der Waals surface area (Å²) in [6, 6.07) is 1.27. The summed E-state index contributed by atoms with van der Waals surface area (Å²) in [5.41, 5.74) is 0. The highest BCUT2D eigenvalue weighted by Crippen LogP contribution is 2.18. The van der Waals surface area contributed by atoms with Crippen molar-refractivity contribution in [3.63, 3.8) is 0 Å². The molecular formula is C16H30N4. The first-order chi connectivity index (χ1) is 9.49. The van der Waals surface area contributed by atoms with Gasteiger partial charge in [0.15, 0.2) is 0 Å². The van der Waals surface area contributed by atoms with Crippen molar-refractivity contribution in [2.24, 2.45) is 11.8 Å². The Morgan fingerprint density at radius 2 is 2.00 bits per heavy atom. The van der Waals surface area contributed by atoms with Gasteiger partial charge in [0.25, 0.3) is 0 Å². The molecule has 1 aromatic heterocycles. The zero-order valence-corrected chi connectivity index (χ0v) is 13.6. The second-order valence-electron chi connectivity index (χ2n) is 6.73. The second kappa shape index (κ2) is 6.72. The summed E-state index contributed by atoms with van der Waals surface area (Å²) in [5, 5.41) is 3.72. The number of piperazine rings is 1. The lowest BCUT2D eigenvalue weighted by molar-refractivity contribution is 0.0816. The number of nitrogens with zero attached hydrogens (tertiary/aromatic N) is 3. The van der Waals surface area contributed by atoms with E-state index in [9.17, 15) is 0 Å². The molecule has 1 aliphatic heterocycles. The molecule has 0 aliphatic carbocycles. The minimum atomic E-state index is 0.619. The van der Waals surface area contributed by atoms with Gasteiger partial charge in [-0.15, -0.1) is 0 Å². The van der Waals surface area contributed by atoms with Crippen LogP contribution in [0.15, 0.2) is 12.4 Å². The fourth-order valence-corrected chi connectivity index (χ4v) is 3.09. The molecular weight excluding hydrogens is 248 g/mol. The van der Waals surface area contributed by atoms with Crippen molar-refractivity contribution >= 4 is 0 Å². The SMILES string of the molecule is Cc1nccn1CCN1CC(C(C)C)NCC1C(C)C. The summed E-state index contributed by atoms with van der Waals surface area (Å²) in [4.78, 5) is 6.98. The summed E-state index contributed by atoms with van der Waals surface area (Å²) in [6.07, 6.45) is 3.98. The Kier molecular flexibility index (Phi) is 5.22. The molecule has 0 radical (unpaired) electrons. The fourth-order valence-electron chi connectivity index (χ4n) is 3.09. The molecule has 0 aromatic carbocycles. The quantitative estimate of drug-likeness (QED) is 0.896. The van der Waals surface area contributed by atoms with Crippen molar-refractivity contribution in [1.29, 1.82) is 0 Å². The van der Waals surface area contributed by atoms with Gasteiger partial charge < -0.3 is 9.88 Å². The Morgan fingerprint density at radius 1 is 1.25 bits per heavy atom. The first-order valence-electron chi connectivity index (χ1n) is 7.94. The minimum absolute atomic E-state index is 0.619. The van der Waals surface area contributed by atoms with E-state index in [1.54, 1.807) is 0 Å². The normalized spacial score (nSPS) is 24.8. The van der Waals surface area contributed by atoms with E-state index in [1.165, 1.54) is 0 Å². The molecule has 4 nitrogen and oxygen atoms in total. The third-order valence-corrected chi connectivity index (χ3v) is 4.62. The Morgan fingerprint density at radius 3 is 2.55 bits per heavy atom. The maximum Gasteiger partial charge on any atom is 0.105 e. The zero-order chi connectivity index (χ0) is 14.7. The smallest absolute Gasteiger partial charge is 0.105 e. The van der Waals surface area contributed by atoms with E-state index < -0.39 is 0 Å². The lowest BCUT2D eigenvalue weighted by atomic mass is 9.94. The first kappa shape index (κ1) is 15.5. The summed E-state index contributed by atoms with van der Waals surface area (Å²) in [6.45, 7) is 15.8. The van der Waals surface area contributed by atoms with Gasteiger partial charge in [0.2, 0.25) is 0 Å². The van der Waals surface area contributed by atoms with Gasteiger partial charge in [0.1, 0.15) is 5.82 Å². The van der Waals surface area contributed by atoms with Crippen LogP contribution >= 0.6 is 0 Å². The molecule has 1 N–H and O–H groups in total. The summed E-state index contributed by atoms with van der Waals surface area (Å²) in [7, 11) is 0. The molecule has 2 atom stereocenters.